The minimum atomic E-state index is -0.680. The van der Waals surface area contributed by atoms with Gasteiger partial charge in [-0.2, -0.15) is 0 Å². The molecule has 0 aliphatic heterocycles. The lowest BCUT2D eigenvalue weighted by atomic mass is 9.65. The van der Waals surface area contributed by atoms with Crippen LogP contribution in [0.5, 0.6) is 0 Å². The van der Waals surface area contributed by atoms with Crippen LogP contribution in [0.25, 0.3) is 47.7 Å². The first-order valence-electron chi connectivity index (χ1n) is 45.3. The number of hydrogen-bond donors (Lipinski definition) is 0. The maximum absolute atomic E-state index is 13.5. The summed E-state index contributed by atoms with van der Waals surface area (Å²) in [5.74, 6) is 0. The van der Waals surface area contributed by atoms with Gasteiger partial charge in [-0.05, 0) is 182 Å². The fourth-order valence-electron chi connectivity index (χ4n) is 19.1. The van der Waals surface area contributed by atoms with Crippen LogP contribution in [0.1, 0.15) is 421 Å². The maximum atomic E-state index is 13.5. The Balaban J connectivity index is 1.22. The molecule has 110 heavy (non-hydrogen) atoms. The zero-order valence-corrected chi connectivity index (χ0v) is 74.3. The molecule has 592 valence electrons. The summed E-state index contributed by atoms with van der Waals surface area (Å²) in [5, 5.41) is 0. The van der Waals surface area contributed by atoms with E-state index in [1.165, 1.54) is 394 Å². The highest BCUT2D eigenvalue weighted by Gasteiger charge is 2.57. The van der Waals surface area contributed by atoms with E-state index in [-0.39, 0.29) is 0 Å². The molecule has 10 aromatic rings. The Bertz CT molecular complexity index is 3970. The van der Waals surface area contributed by atoms with Crippen LogP contribution in [0, 0.1) is 0 Å². The Morgan fingerprint density at radius 1 is 0.218 bits per heavy atom. The molecule has 2 nitrogen and oxygen atoms in total. The Morgan fingerprint density at radius 2 is 0.409 bits per heavy atom. The van der Waals surface area contributed by atoms with E-state index < -0.39 is 10.8 Å². The first kappa shape index (κ1) is 84.6. The molecule has 2 aliphatic carbocycles. The first-order chi connectivity index (χ1) is 54.1. The molecule has 0 amide bonds. The summed E-state index contributed by atoms with van der Waals surface area (Å²) in [6, 6.07) is 37.3. The molecule has 6 heterocycles. The zero-order valence-electron chi connectivity index (χ0n) is 69.4. The number of unbranched alkanes of at least 4 members (excludes halogenated alkanes) is 32. The van der Waals surface area contributed by atoms with Crippen molar-refractivity contribution in [2.24, 2.45) is 0 Å². The van der Waals surface area contributed by atoms with Gasteiger partial charge < -0.3 is 0 Å². The smallest absolute Gasteiger partial charge is 0.160 e. The van der Waals surface area contributed by atoms with Gasteiger partial charge in [-0.1, -0.05) is 334 Å². The second-order valence-electron chi connectivity index (χ2n) is 33.8. The number of rotatable bonds is 54. The van der Waals surface area contributed by atoms with Crippen molar-refractivity contribution in [3.8, 4) is 19.5 Å². The summed E-state index contributed by atoms with van der Waals surface area (Å²) < 4.78 is 8.10. The SMILES string of the molecule is CCCCCCCc1cc(CCCCCCC)cc(C2(c3cc(CCCCCCC)cc(CCCCCCC)c3)c3c(sc4cc(C=O)sc34)-c3sc4c5c(sc4c32)-c2sc3cc(C=O)sc3c2C5(c2cc(CCCCCCC)cc(CCCCCCC)c2)c2cc(CCCCCCC)cc(CCCCCCC)c2)c1. The summed E-state index contributed by atoms with van der Waals surface area (Å²) in [4.78, 5) is 34.4. The third kappa shape index (κ3) is 19.5. The Kier molecular flexibility index (Phi) is 32.8. The summed E-state index contributed by atoms with van der Waals surface area (Å²) in [5.41, 5.74) is 22.4. The molecule has 0 unspecified atom stereocenters. The van der Waals surface area contributed by atoms with E-state index in [4.69, 9.17) is 0 Å². The van der Waals surface area contributed by atoms with Gasteiger partial charge in [0.05, 0.1) is 58.9 Å². The minimum absolute atomic E-state index is 0.680. The first-order valence-corrected chi connectivity index (χ1v) is 50.2. The van der Waals surface area contributed by atoms with Gasteiger partial charge in [0.15, 0.2) is 12.6 Å². The zero-order chi connectivity index (χ0) is 76.7. The van der Waals surface area contributed by atoms with Gasteiger partial charge in [-0.15, -0.1) is 68.0 Å². The maximum Gasteiger partial charge on any atom is 0.160 e. The molecular formula is C102H136O2S6. The molecule has 0 fully saturated rings. The van der Waals surface area contributed by atoms with Crippen molar-refractivity contribution in [1.29, 1.82) is 0 Å². The summed E-state index contributed by atoms with van der Waals surface area (Å²) in [7, 11) is 0. The van der Waals surface area contributed by atoms with Gasteiger partial charge in [-0.25, -0.2) is 0 Å². The quantitative estimate of drug-likeness (QED) is 0.0281. The van der Waals surface area contributed by atoms with Crippen LogP contribution in [0.2, 0.25) is 0 Å². The van der Waals surface area contributed by atoms with E-state index in [2.05, 4.69) is 163 Å². The number of fused-ring (bicyclic) bond motifs is 13. The molecule has 0 saturated heterocycles. The fourth-order valence-corrected chi connectivity index (χ4v) is 27.7. The van der Waals surface area contributed by atoms with Crippen molar-refractivity contribution in [2.75, 3.05) is 0 Å². The number of carbonyl (C=O) groups is 2. The lowest BCUT2D eigenvalue weighted by Crippen LogP contribution is -2.30. The number of aldehydes is 2. The molecule has 0 radical (unpaired) electrons. The van der Waals surface area contributed by atoms with Crippen molar-refractivity contribution >= 4 is 109 Å². The van der Waals surface area contributed by atoms with Crippen molar-refractivity contribution < 1.29 is 9.59 Å². The third-order valence-electron chi connectivity index (χ3n) is 24.9. The second kappa shape index (κ2) is 42.7. The number of aryl methyl sites for hydroxylation is 8. The lowest BCUT2D eigenvalue weighted by molar-refractivity contribution is 0.111. The van der Waals surface area contributed by atoms with Crippen LogP contribution in [0.15, 0.2) is 84.9 Å². The second-order valence-corrected chi connectivity index (χ2v) is 40.1. The number of carbonyl (C=O) groups excluding carboxylic acids is 2. The number of hydrogen-bond acceptors (Lipinski definition) is 8. The molecule has 0 spiro atoms. The summed E-state index contributed by atoms with van der Waals surface area (Å²) in [6.07, 6.45) is 61.4. The molecule has 8 heteroatoms. The number of benzene rings is 4. The van der Waals surface area contributed by atoms with Gasteiger partial charge >= 0.3 is 0 Å². The van der Waals surface area contributed by atoms with Crippen LogP contribution in [-0.4, -0.2) is 12.6 Å². The van der Waals surface area contributed by atoms with Gasteiger partial charge in [0.2, 0.25) is 0 Å². The predicted molar refractivity (Wildman–Crippen MR) is 491 cm³/mol. The van der Waals surface area contributed by atoms with Gasteiger partial charge in [0.1, 0.15) is 0 Å². The van der Waals surface area contributed by atoms with E-state index >= 15 is 0 Å². The van der Waals surface area contributed by atoms with Crippen LogP contribution >= 0.6 is 68.0 Å². The van der Waals surface area contributed by atoms with E-state index in [9.17, 15) is 9.59 Å². The topological polar surface area (TPSA) is 34.1 Å². The largest absolute Gasteiger partial charge is 0.297 e. The van der Waals surface area contributed by atoms with Gasteiger partial charge in [-0.3, -0.25) is 9.59 Å². The van der Waals surface area contributed by atoms with Crippen LogP contribution in [0.4, 0.5) is 0 Å². The van der Waals surface area contributed by atoms with Crippen molar-refractivity contribution in [2.45, 2.75) is 374 Å². The number of thiophene rings is 6. The molecule has 0 atom stereocenters. The average Bonchev–Trinajstić information content (AvgIpc) is 1.48. The normalized spacial score (nSPS) is 13.4. The van der Waals surface area contributed by atoms with Crippen molar-refractivity contribution in [1.82, 2.24) is 0 Å². The average molecular weight is 1590 g/mol. The van der Waals surface area contributed by atoms with E-state index in [1.54, 1.807) is 22.7 Å². The summed E-state index contributed by atoms with van der Waals surface area (Å²) >= 11 is 11.8. The predicted octanol–water partition coefficient (Wildman–Crippen LogP) is 34.0. The van der Waals surface area contributed by atoms with Gasteiger partial charge in [0, 0.05) is 31.7 Å². The van der Waals surface area contributed by atoms with E-state index in [0.29, 0.717) is 0 Å². The molecule has 12 rings (SSSR count). The molecule has 4 aromatic carbocycles. The molecule has 6 aromatic heterocycles. The molecular weight excluding hydrogens is 1450 g/mol. The third-order valence-corrected chi connectivity index (χ3v) is 32.5. The van der Waals surface area contributed by atoms with Crippen molar-refractivity contribution in [3.05, 3.63) is 184 Å². The Labute approximate surface area is 690 Å². The van der Waals surface area contributed by atoms with Crippen LogP contribution in [-0.2, 0) is 62.2 Å². The minimum Gasteiger partial charge on any atom is -0.297 e. The lowest BCUT2D eigenvalue weighted by Gasteiger charge is -2.35. The molecule has 0 saturated carbocycles. The summed E-state index contributed by atoms with van der Waals surface area (Å²) in [6.45, 7) is 18.8. The molecule has 2 aliphatic rings. The Hall–Kier alpha value is -4.80. The Morgan fingerprint density at radius 3 is 0.609 bits per heavy atom. The highest BCUT2D eigenvalue weighted by atomic mass is 32.1. The van der Waals surface area contributed by atoms with E-state index in [0.717, 1.165) is 73.7 Å². The fraction of sp³-hybridized carbons (Fsp3) is 0.569. The standard InChI is InChI=1S/C102H136O2S6/c1-9-17-25-33-41-49-73-57-74(50-42-34-26-18-10-2)62-81(61-73)101(82-63-75(51-43-35-27-19-11-3)58-76(64-82)52-44-36-28-20-12-4)89-93-87(69-85(71-103)105-93)107-95(89)97-91(101)99-100(109-97)92-98(110-99)96-90(94-88(108-96)70-86(72-104)106-94)102(92,83-65-77(53-45-37-29-21-13-5)59-78(66-83)54-46-38-30-22-14-6)84-67-79(55-47-39-31-23-15-7)60-80(68-84)56-48-40-32-24-16-8/h57-72H,9-56H2,1-8H3. The molecule has 0 N–H and O–H groups in total. The van der Waals surface area contributed by atoms with Gasteiger partial charge in [0.25, 0.3) is 0 Å². The highest BCUT2D eigenvalue weighted by Crippen LogP contribution is 2.72. The highest BCUT2D eigenvalue weighted by molar-refractivity contribution is 7.37. The van der Waals surface area contributed by atoms with E-state index in [1.807, 2.05) is 22.7 Å². The monoisotopic (exact) mass is 1580 g/mol. The van der Waals surface area contributed by atoms with Crippen LogP contribution < -0.4 is 0 Å². The van der Waals surface area contributed by atoms with Crippen LogP contribution in [0.3, 0.4) is 0 Å². The van der Waals surface area contributed by atoms with Crippen molar-refractivity contribution in [3.63, 3.8) is 0 Å². The molecule has 0 bridgehead atoms.